The maximum atomic E-state index is 13.8. The van der Waals surface area contributed by atoms with Crippen LogP contribution in [0.2, 0.25) is 0 Å². The van der Waals surface area contributed by atoms with Gasteiger partial charge in [-0.1, -0.05) is 18.2 Å². The van der Waals surface area contributed by atoms with Crippen LogP contribution in [0.5, 0.6) is 47.0 Å². The van der Waals surface area contributed by atoms with Crippen molar-refractivity contribution in [3.8, 4) is 47.0 Å². The number of alkyl halides is 4. The Bertz CT molecular complexity index is 6550. The lowest BCUT2D eigenvalue weighted by Gasteiger charge is -2.38. The second kappa shape index (κ2) is 49.3. The van der Waals surface area contributed by atoms with Crippen molar-refractivity contribution in [3.05, 3.63) is 172 Å². The number of likely N-dealkylation sites (tertiary alicyclic amines) is 2. The smallest absolute Gasteiger partial charge is 0.322 e. The summed E-state index contributed by atoms with van der Waals surface area (Å²) in [4.78, 5) is 127. The number of rotatable bonds is 35. The summed E-state index contributed by atoms with van der Waals surface area (Å²) in [5.74, 6) is -0.957. The zero-order valence-electron chi connectivity index (χ0n) is 85.7. The second-order valence-electron chi connectivity index (χ2n) is 38.2. The Morgan fingerprint density at radius 3 is 1.59 bits per heavy atom. The molecule has 9 aliphatic rings. The Balaban J connectivity index is 0.000000136. The third-order valence-corrected chi connectivity index (χ3v) is 27.7. The molecule has 150 heavy (non-hydrogen) atoms. The highest BCUT2D eigenvalue weighted by molar-refractivity contribution is 5.96. The maximum absolute atomic E-state index is 13.8. The van der Waals surface area contributed by atoms with Crippen LogP contribution in [0.3, 0.4) is 0 Å². The number of carbonyl (C=O) groups is 4. The van der Waals surface area contributed by atoms with Gasteiger partial charge < -0.3 is 107 Å². The molecular weight excluding hydrogens is 1950 g/mol. The summed E-state index contributed by atoms with van der Waals surface area (Å²) in [6.07, 6.45) is 24.7. The molecule has 5 N–H and O–H groups in total. The molecule has 4 atom stereocenters. The topological polar surface area (TPSA) is 468 Å². The lowest BCUT2D eigenvalue weighted by Crippen LogP contribution is -2.58. The molecule has 11 aromatic heterocycles. The van der Waals surface area contributed by atoms with Gasteiger partial charge >= 0.3 is 24.0 Å². The van der Waals surface area contributed by atoms with Gasteiger partial charge in [-0.25, -0.2) is 27.5 Å². The molecule has 0 spiro atoms. The van der Waals surface area contributed by atoms with Crippen molar-refractivity contribution < 1.29 is 98.7 Å². The first-order valence-electron chi connectivity index (χ1n) is 50.6. The van der Waals surface area contributed by atoms with Gasteiger partial charge in [0.05, 0.1) is 114 Å². The average Bonchev–Trinajstić information content (AvgIpc) is 1.32. The van der Waals surface area contributed by atoms with Gasteiger partial charge in [0.1, 0.15) is 88.6 Å². The van der Waals surface area contributed by atoms with Crippen LogP contribution >= 0.6 is 0 Å². The Morgan fingerprint density at radius 1 is 0.520 bits per heavy atom. The monoisotopic (exact) mass is 2070 g/mol. The molecule has 0 bridgehead atoms. The van der Waals surface area contributed by atoms with Crippen molar-refractivity contribution in [2.45, 2.75) is 159 Å². The number of pyridine rings is 5. The highest BCUT2D eigenvalue weighted by atomic mass is 19.3. The average molecular weight is 2080 g/mol. The van der Waals surface area contributed by atoms with Crippen molar-refractivity contribution in [2.75, 3.05) is 194 Å². The van der Waals surface area contributed by atoms with Gasteiger partial charge in [0, 0.05) is 191 Å². The fraction of sp³-hybridized carbons (Fsp3) is 0.510. The van der Waals surface area contributed by atoms with Gasteiger partial charge in [-0.2, -0.15) is 50.0 Å². The fourth-order valence-corrected chi connectivity index (χ4v) is 20.1. The van der Waals surface area contributed by atoms with Crippen LogP contribution in [-0.2, 0) is 38.4 Å². The molecule has 11 aromatic rings. The van der Waals surface area contributed by atoms with Gasteiger partial charge in [-0.05, 0) is 156 Å². The maximum Gasteiger partial charge on any atom is 0.322 e. The van der Waals surface area contributed by atoms with E-state index in [4.69, 9.17) is 56.8 Å². The number of halogens is 4. The highest BCUT2D eigenvalue weighted by Gasteiger charge is 2.48. The van der Waals surface area contributed by atoms with E-state index < -0.39 is 61.1 Å². The quantitative estimate of drug-likeness (QED) is 0.0182. The molecule has 0 saturated carbocycles. The van der Waals surface area contributed by atoms with Gasteiger partial charge in [-0.3, -0.25) is 39.2 Å². The van der Waals surface area contributed by atoms with E-state index in [1.165, 1.54) is 16.7 Å². The van der Waals surface area contributed by atoms with E-state index in [-0.39, 0.29) is 97.4 Å². The number of allylic oxidation sites excluding steroid dienone is 4. The van der Waals surface area contributed by atoms with Crippen LogP contribution in [-0.4, -0.2) is 334 Å². The minimum Gasteiger partial charge on any atom is -0.496 e. The Hall–Kier alpha value is -14.5. The molecule has 798 valence electrons. The molecule has 42 nitrogen and oxygen atoms in total. The number of piperidine rings is 4. The van der Waals surface area contributed by atoms with E-state index in [0.717, 1.165) is 180 Å². The molecule has 0 aromatic carbocycles. The summed E-state index contributed by atoms with van der Waals surface area (Å²) in [6, 6.07) is 17.8. The van der Waals surface area contributed by atoms with Gasteiger partial charge in [0.2, 0.25) is 11.8 Å². The minimum absolute atomic E-state index is 0.0117. The third-order valence-electron chi connectivity index (χ3n) is 27.7. The first kappa shape index (κ1) is 107. The molecule has 20 rings (SSSR count). The van der Waals surface area contributed by atoms with Crippen molar-refractivity contribution in [1.29, 1.82) is 0 Å². The predicted molar refractivity (Wildman–Crippen MR) is 544 cm³/mol. The van der Waals surface area contributed by atoms with Crippen molar-refractivity contribution in [1.82, 2.24) is 105 Å². The molecular formula is C104H127F4N25O17. The number of amides is 4. The highest BCUT2D eigenvalue weighted by Crippen LogP contribution is 2.47. The fourth-order valence-electron chi connectivity index (χ4n) is 20.1. The van der Waals surface area contributed by atoms with Crippen LogP contribution in [0, 0.1) is 11.8 Å². The molecule has 0 radical (unpaired) electrons. The standard InChI is InChI=1S/C27H33F2N5O4.C26H31F2N5O4.C26H30N8O4.C25H33N7O5/c1-17(15-36-2)38-26-31-21(25(35)34-13-9-27(28,29)16-34)14-23(32-26)33-11-7-18(8-12-33)19-4-5-20-24(19)22(37-3)6-10-30-20;1-16(13-35-2)37-25-30-20(24(34)33-14-26(27,28)15-33)12-22(31-25)32-10-7-17(8-11-32)18-4-5-19-23(18)21(36-3)6-9-29-19;1-16(14-35)29-25(36)19-13-21(31-26(30-19)38-15-18-5-3-4-9-27-18)34-11-7-17(8-12-34)23-22-20(37-2)6-10-28-24(22)33-32-23;1-34-13-9-27-23(33)22-29-24(31-25(30-22)37-15-17-4-3-12-36-17)32-10-6-16(7-11-32)18-14-28-21-20(18)19(35-2)5-8-26-21/h4,6,10,14,17-18H,5,7-9,11-13,15-16H2,1-3H3;4,6,9,12,16-17H,5,7-8,10-11,13-15H2,1-3H3;3-6,9-10,13,16-17,35H,7-8,11-12,14-15H2,1-2H3,(H,29,36)(H,28,32,33);5,8,14,16-17H,3-4,6-7,9-13,15H2,1-2H3,(H,26,28)(H,27,33)/t17-;2*16-;17-/m1111/s1. The first-order valence-corrected chi connectivity index (χ1v) is 50.6. The molecule has 4 amide bonds. The number of methoxy groups -OCH3 is 7. The molecule has 46 heteroatoms. The van der Waals surface area contributed by atoms with Gasteiger partial charge in [-0.15, -0.1) is 0 Å². The zero-order valence-corrected chi connectivity index (χ0v) is 85.7. The van der Waals surface area contributed by atoms with Crippen LogP contribution in [0.15, 0.2) is 110 Å². The zero-order chi connectivity index (χ0) is 105. The number of ether oxygens (including phenoxy) is 12. The number of nitrogens with one attached hydrogen (secondary N) is 4. The van der Waals surface area contributed by atoms with Gasteiger partial charge in [0.25, 0.3) is 35.5 Å². The Kier molecular flexibility index (Phi) is 35.1. The summed E-state index contributed by atoms with van der Waals surface area (Å²) in [5.41, 5.74) is 11.5. The van der Waals surface area contributed by atoms with Crippen LogP contribution < -0.4 is 68.1 Å². The number of anilines is 4. The van der Waals surface area contributed by atoms with E-state index in [0.29, 0.717) is 119 Å². The predicted octanol–water partition coefficient (Wildman–Crippen LogP) is 11.2. The second-order valence-corrected chi connectivity index (χ2v) is 38.2. The van der Waals surface area contributed by atoms with E-state index in [2.05, 4.69) is 127 Å². The van der Waals surface area contributed by atoms with Crippen LogP contribution in [0.1, 0.15) is 185 Å². The summed E-state index contributed by atoms with van der Waals surface area (Å²) in [7, 11) is 11.4. The number of aromatic nitrogens is 17. The number of H-pyrrole nitrogens is 2. The largest absolute Gasteiger partial charge is 0.496 e. The van der Waals surface area contributed by atoms with E-state index in [9.17, 15) is 41.8 Å². The number of aliphatic hydroxyl groups excluding tert-OH is 1. The lowest BCUT2D eigenvalue weighted by atomic mass is 9.86. The van der Waals surface area contributed by atoms with E-state index in [1.807, 2.05) is 55.6 Å². The number of hydrogen-bond acceptors (Lipinski definition) is 36. The Morgan fingerprint density at radius 2 is 1.05 bits per heavy atom. The SMILES string of the molecule is COCCNC(=O)c1nc(OC[C@H]2CCCO2)nc(N2CCC(c3c[nH]c4nccc(OC)c34)CC2)n1.COC[C@@H](C)Oc1nc(C(=O)N2CC(F)(F)C2)cc(N2CCC(C3=CCc4nccc(OC)c43)CC2)n1.COC[C@@H](C)Oc1nc(C(=O)N2CCC(F)(F)C2)cc(N2CCC(C3=CCc4nccc(OC)c43)CC2)n1.COc1ccnc2n[nH]c(C3CCN(c4cc(C(=O)N[C@H](C)CO)nc(OCc5ccccn5)n4)CC3)c12. The molecule has 7 aliphatic heterocycles. The third kappa shape index (κ3) is 26.0. The van der Waals surface area contributed by atoms with Crippen LogP contribution in [0.25, 0.3) is 33.2 Å². The number of aliphatic hydroxyl groups is 1. The molecule has 2 aliphatic carbocycles. The van der Waals surface area contributed by atoms with Crippen LogP contribution in [0.4, 0.5) is 41.0 Å². The normalized spacial score (nSPS) is 18.1. The number of nitrogens with zero attached hydrogens (tertiary/aromatic N) is 21. The molecule has 0 unspecified atom stereocenters. The molecule has 18 heterocycles. The van der Waals surface area contributed by atoms with E-state index in [1.54, 1.807) is 113 Å². The Labute approximate surface area is 864 Å². The van der Waals surface area contributed by atoms with Crippen molar-refractivity contribution in [3.63, 3.8) is 0 Å². The molecule has 7 fully saturated rings. The first-order chi connectivity index (χ1) is 72.8. The van der Waals surface area contributed by atoms with Crippen molar-refractivity contribution in [2.24, 2.45) is 11.8 Å². The summed E-state index contributed by atoms with van der Waals surface area (Å²) in [6.45, 7) is 11.6. The van der Waals surface area contributed by atoms with Crippen molar-refractivity contribution >= 4 is 80.2 Å². The van der Waals surface area contributed by atoms with E-state index >= 15 is 0 Å². The molecule has 7 saturated heterocycles. The summed E-state index contributed by atoms with van der Waals surface area (Å²) in [5, 5.41) is 24.3. The van der Waals surface area contributed by atoms with Gasteiger partial charge in [0.15, 0.2) is 5.65 Å². The summed E-state index contributed by atoms with van der Waals surface area (Å²) < 4.78 is 121. The lowest BCUT2D eigenvalue weighted by molar-refractivity contribution is -0.113. The number of aromatic amines is 2. The number of fused-ring (bicyclic) bond motifs is 4. The number of hydrogen-bond donors (Lipinski definition) is 5. The minimum atomic E-state index is -2.88. The number of carbonyl (C=O) groups excluding carboxylic acids is 4. The summed E-state index contributed by atoms with van der Waals surface area (Å²) >= 11 is 0.